The number of hydrogen-bond acceptors (Lipinski definition) is 7. The summed E-state index contributed by atoms with van der Waals surface area (Å²) in [6.45, 7) is 0.395. The molecule has 8 nitrogen and oxygen atoms in total. The summed E-state index contributed by atoms with van der Waals surface area (Å²) in [4.78, 5) is 5.36. The molecule has 0 saturated heterocycles. The summed E-state index contributed by atoms with van der Waals surface area (Å²) in [6, 6.07) is 22.5. The number of pyridine rings is 1. The average Bonchev–Trinajstić information content (AvgIpc) is 3.73. The van der Waals surface area contributed by atoms with Crippen LogP contribution in [0.2, 0.25) is 0 Å². The maximum absolute atomic E-state index is 6.32. The van der Waals surface area contributed by atoms with E-state index in [0.717, 1.165) is 27.0 Å². The number of rotatable bonds is 7. The Balaban J connectivity index is 1.19. The average molecular weight is 523 g/mol. The van der Waals surface area contributed by atoms with Crippen molar-refractivity contribution in [2.75, 3.05) is 14.2 Å². The Morgan fingerprint density at radius 2 is 1.87 bits per heavy atom. The van der Waals surface area contributed by atoms with E-state index in [-0.39, 0.29) is 0 Å². The van der Waals surface area contributed by atoms with Gasteiger partial charge in [-0.15, -0.1) is 5.10 Å². The minimum Gasteiger partial charge on any atom is -0.496 e. The second-order valence-corrected chi connectivity index (χ2v) is 9.74. The van der Waals surface area contributed by atoms with Crippen LogP contribution in [0.15, 0.2) is 89.7 Å². The van der Waals surface area contributed by atoms with Crippen molar-refractivity contribution in [3.8, 4) is 39.3 Å². The smallest absolute Gasteiger partial charge is 0.294 e. The van der Waals surface area contributed by atoms with Crippen molar-refractivity contribution in [2.45, 2.75) is 6.61 Å². The van der Waals surface area contributed by atoms with Crippen molar-refractivity contribution in [3.63, 3.8) is 0 Å². The van der Waals surface area contributed by atoms with Gasteiger partial charge in [-0.2, -0.15) is 0 Å². The normalized spacial score (nSPS) is 11.5. The second-order valence-electron chi connectivity index (χ2n) is 8.82. The van der Waals surface area contributed by atoms with E-state index < -0.39 is 0 Å². The largest absolute Gasteiger partial charge is 0.496 e. The first-order valence-electron chi connectivity index (χ1n) is 12.0. The van der Waals surface area contributed by atoms with Crippen LogP contribution in [-0.4, -0.2) is 33.2 Å². The number of benzene rings is 2. The van der Waals surface area contributed by atoms with Crippen LogP contribution in [0.4, 0.5) is 0 Å². The van der Waals surface area contributed by atoms with Gasteiger partial charge in [-0.05, 0) is 58.4 Å². The van der Waals surface area contributed by atoms with Gasteiger partial charge in [0.25, 0.3) is 5.19 Å². The second kappa shape index (κ2) is 8.97. The van der Waals surface area contributed by atoms with E-state index in [0.29, 0.717) is 40.3 Å². The van der Waals surface area contributed by atoms with Gasteiger partial charge in [-0.3, -0.25) is 0 Å². The number of hydrogen-bond donors (Lipinski definition) is 0. The van der Waals surface area contributed by atoms with Gasteiger partial charge in [0, 0.05) is 30.0 Å². The maximum atomic E-state index is 6.32. The summed E-state index contributed by atoms with van der Waals surface area (Å²) >= 11 is 1.37. The highest BCUT2D eigenvalue weighted by Gasteiger charge is 2.17. The van der Waals surface area contributed by atoms with Gasteiger partial charge in [0.2, 0.25) is 4.96 Å². The van der Waals surface area contributed by atoms with Crippen LogP contribution in [0, 0.1) is 0 Å². The van der Waals surface area contributed by atoms with Crippen molar-refractivity contribution < 1.29 is 18.6 Å². The Morgan fingerprint density at radius 1 is 0.921 bits per heavy atom. The molecule has 0 fully saturated rings. The lowest BCUT2D eigenvalue weighted by atomic mass is 10.0. The van der Waals surface area contributed by atoms with Crippen LogP contribution >= 0.6 is 11.3 Å². The lowest BCUT2D eigenvalue weighted by Crippen LogP contribution is -1.97. The number of nitrogens with zero attached hydrogens (tertiary/aromatic N) is 4. The molecule has 0 radical (unpaired) electrons. The van der Waals surface area contributed by atoms with E-state index in [1.165, 1.54) is 16.9 Å². The van der Waals surface area contributed by atoms with Crippen molar-refractivity contribution in [3.05, 3.63) is 90.9 Å². The van der Waals surface area contributed by atoms with Gasteiger partial charge in [-0.25, -0.2) is 9.50 Å². The predicted molar refractivity (Wildman–Crippen MR) is 146 cm³/mol. The minimum absolute atomic E-state index is 0.395. The molecular weight excluding hydrogens is 500 g/mol. The van der Waals surface area contributed by atoms with Crippen LogP contribution < -0.4 is 14.2 Å². The summed E-state index contributed by atoms with van der Waals surface area (Å²) in [7, 11) is 3.22. The molecule has 0 amide bonds. The molecule has 7 aromatic rings. The third-order valence-corrected chi connectivity index (χ3v) is 7.32. The Bertz CT molecular complexity index is 1900. The highest BCUT2D eigenvalue weighted by molar-refractivity contribution is 7.18. The molecule has 0 spiro atoms. The van der Waals surface area contributed by atoms with Crippen LogP contribution in [0.1, 0.15) is 5.56 Å². The molecule has 0 aliphatic carbocycles. The number of fused-ring (bicyclic) bond motifs is 3. The lowest BCUT2D eigenvalue weighted by Gasteiger charge is -2.11. The van der Waals surface area contributed by atoms with E-state index in [1.807, 2.05) is 30.5 Å². The molecule has 2 aromatic carbocycles. The molecule has 9 heteroatoms. The molecule has 0 saturated carbocycles. The summed E-state index contributed by atoms with van der Waals surface area (Å²) in [5.74, 6) is 1.95. The van der Waals surface area contributed by atoms with Crippen LogP contribution in [-0.2, 0) is 6.61 Å². The topological polar surface area (TPSA) is 75.4 Å². The molecule has 7 rings (SSSR count). The zero-order valence-corrected chi connectivity index (χ0v) is 21.4. The van der Waals surface area contributed by atoms with Gasteiger partial charge in [-0.1, -0.05) is 24.3 Å². The van der Waals surface area contributed by atoms with E-state index in [4.69, 9.17) is 18.6 Å². The van der Waals surface area contributed by atoms with Gasteiger partial charge in [0.1, 0.15) is 29.4 Å². The molecule has 0 unspecified atom stereocenters. The molecule has 5 aromatic heterocycles. The summed E-state index contributed by atoms with van der Waals surface area (Å²) in [5.41, 5.74) is 5.84. The van der Waals surface area contributed by atoms with E-state index in [1.54, 1.807) is 18.7 Å². The minimum atomic E-state index is 0.395. The Labute approximate surface area is 221 Å². The van der Waals surface area contributed by atoms with Crippen molar-refractivity contribution in [1.29, 1.82) is 0 Å². The van der Waals surface area contributed by atoms with Gasteiger partial charge >= 0.3 is 0 Å². The molecule has 38 heavy (non-hydrogen) atoms. The highest BCUT2D eigenvalue weighted by atomic mass is 32.1. The predicted octanol–water partition coefficient (Wildman–Crippen LogP) is 6.72. The first-order valence-corrected chi connectivity index (χ1v) is 12.8. The fourth-order valence-corrected chi connectivity index (χ4v) is 5.23. The van der Waals surface area contributed by atoms with Crippen LogP contribution in [0.5, 0.6) is 16.7 Å². The maximum Gasteiger partial charge on any atom is 0.294 e. The highest BCUT2D eigenvalue weighted by Crippen LogP contribution is 2.37. The monoisotopic (exact) mass is 522 g/mol. The molecule has 0 atom stereocenters. The third-order valence-electron chi connectivity index (χ3n) is 6.44. The first kappa shape index (κ1) is 22.4. The van der Waals surface area contributed by atoms with E-state index >= 15 is 0 Å². The Hall–Kier alpha value is -4.76. The van der Waals surface area contributed by atoms with Gasteiger partial charge in [0.05, 0.1) is 25.8 Å². The lowest BCUT2D eigenvalue weighted by molar-refractivity contribution is 0.307. The van der Waals surface area contributed by atoms with E-state index in [9.17, 15) is 0 Å². The molecule has 0 bridgehead atoms. The third kappa shape index (κ3) is 3.93. The standard InChI is InChI=1S/C29H22N4O4S/c1-34-22-12-25(23-14-27(37-26(23)13-22)24-16-33-28(30-24)38-29(31-33)35-2)36-17-18-5-3-6-19(11-18)20-8-9-21-7-4-10-32(21)15-20/h3-16H,17H2,1-2H3. The number of ether oxygens (including phenoxy) is 3. The van der Waals surface area contributed by atoms with Gasteiger partial charge in [0.15, 0.2) is 5.76 Å². The van der Waals surface area contributed by atoms with E-state index in [2.05, 4.69) is 69.3 Å². The first-order chi connectivity index (χ1) is 18.7. The summed E-state index contributed by atoms with van der Waals surface area (Å²) in [6.07, 6.45) is 6.01. The Kier molecular flexibility index (Phi) is 5.29. The number of aromatic nitrogens is 4. The Morgan fingerprint density at radius 3 is 2.74 bits per heavy atom. The molecule has 5 heterocycles. The SMILES string of the molecule is COc1cc(OCc2cccc(-c3ccc4cccn4c3)c2)c2cc(-c3cn4nc(OC)sc4n3)oc2c1. The van der Waals surface area contributed by atoms with Crippen LogP contribution in [0.3, 0.4) is 0 Å². The molecule has 0 N–H and O–H groups in total. The summed E-state index contributed by atoms with van der Waals surface area (Å²) in [5, 5.41) is 5.74. The van der Waals surface area contributed by atoms with Crippen molar-refractivity contribution in [2.24, 2.45) is 0 Å². The zero-order valence-electron chi connectivity index (χ0n) is 20.6. The van der Waals surface area contributed by atoms with Crippen LogP contribution in [0.25, 0.3) is 44.0 Å². The van der Waals surface area contributed by atoms with Crippen molar-refractivity contribution >= 4 is 32.8 Å². The molecule has 188 valence electrons. The number of furan rings is 1. The fraction of sp³-hybridized carbons (Fsp3) is 0.103. The zero-order chi connectivity index (χ0) is 25.6. The van der Waals surface area contributed by atoms with Crippen molar-refractivity contribution in [1.82, 2.24) is 19.0 Å². The molecular formula is C29H22N4O4S. The quantitative estimate of drug-likeness (QED) is 0.231. The van der Waals surface area contributed by atoms with Gasteiger partial charge < -0.3 is 23.0 Å². The number of methoxy groups -OCH3 is 2. The fourth-order valence-electron chi connectivity index (χ4n) is 4.54. The molecule has 0 aliphatic rings. The summed E-state index contributed by atoms with van der Waals surface area (Å²) < 4.78 is 27.0. The number of imidazole rings is 1. The molecule has 0 aliphatic heterocycles.